The van der Waals surface area contributed by atoms with Gasteiger partial charge in [-0.3, -0.25) is 9.00 Å². The maximum atomic E-state index is 12.5. The zero-order chi connectivity index (χ0) is 21.5. The maximum absolute atomic E-state index is 12.5. The molecule has 1 saturated heterocycles. The smallest absolute Gasteiger partial charge is 0.255 e. The molecule has 30 heavy (non-hydrogen) atoms. The molecule has 1 amide bonds. The Kier molecular flexibility index (Phi) is 7.92. The molecule has 2 aromatic carbocycles. The van der Waals surface area contributed by atoms with Crippen molar-refractivity contribution in [1.29, 1.82) is 0 Å². The van der Waals surface area contributed by atoms with Crippen molar-refractivity contribution in [1.82, 2.24) is 5.32 Å². The molecule has 2 N–H and O–H groups in total. The summed E-state index contributed by atoms with van der Waals surface area (Å²) in [6.07, 6.45) is 0.526. The molecule has 1 heterocycles. The topological polar surface area (TPSA) is 103 Å². The van der Waals surface area contributed by atoms with Crippen molar-refractivity contribution in [2.45, 2.75) is 6.42 Å². The summed E-state index contributed by atoms with van der Waals surface area (Å²) in [5, 5.41) is 3.29. The predicted octanol–water partition coefficient (Wildman–Crippen LogP) is 2.36. The molecule has 8 nitrogen and oxygen atoms in total. The summed E-state index contributed by atoms with van der Waals surface area (Å²) in [5.74, 6) is 0.148. The van der Waals surface area contributed by atoms with E-state index in [4.69, 9.17) is 21.1 Å². The van der Waals surface area contributed by atoms with E-state index in [1.54, 1.807) is 24.3 Å². The number of carbonyl (C=O) groups excluding carboxylic acids is 1. The maximum Gasteiger partial charge on any atom is 0.255 e. The number of carbonyl (C=O) groups is 1. The zero-order valence-corrected chi connectivity index (χ0v) is 18.1. The van der Waals surface area contributed by atoms with Crippen LogP contribution in [0.15, 0.2) is 36.4 Å². The lowest BCUT2D eigenvalue weighted by molar-refractivity contribution is 0.0951. The molecule has 0 aromatic heterocycles. The Morgan fingerprint density at radius 3 is 2.73 bits per heavy atom. The van der Waals surface area contributed by atoms with Crippen molar-refractivity contribution in [2.75, 3.05) is 49.6 Å². The lowest BCUT2D eigenvalue weighted by Crippen LogP contribution is -2.36. The molecule has 1 unspecified atom stereocenters. The van der Waals surface area contributed by atoms with Crippen LogP contribution in [0.2, 0.25) is 5.02 Å². The third-order valence-corrected chi connectivity index (χ3v) is 5.33. The molecule has 0 spiro atoms. The fourth-order valence-electron chi connectivity index (χ4n) is 3.26. The Morgan fingerprint density at radius 2 is 2.03 bits per heavy atom. The molecule has 0 aliphatic carbocycles. The second kappa shape index (κ2) is 10.6. The van der Waals surface area contributed by atoms with Crippen LogP contribution in [0.5, 0.6) is 5.75 Å². The standard InChI is InChI=1S/C20H24ClN3O5S/c1-28-19-5-3-15(21)13-16(19)20(25)22-7-6-14-2-4-18(17(12-14)23-30(26)27)24-8-10-29-11-9-24/h2-5,12-13,23H,6-11H2,1H3,(H,22,25)(H,26,27)/p-1. The second-order valence-corrected chi connectivity index (χ2v) is 7.75. The van der Waals surface area contributed by atoms with E-state index in [2.05, 4.69) is 14.9 Å². The number of ether oxygens (including phenoxy) is 2. The van der Waals surface area contributed by atoms with E-state index in [0.717, 1.165) is 11.3 Å². The Bertz CT molecular complexity index is 921. The minimum absolute atomic E-state index is 0.293. The van der Waals surface area contributed by atoms with Crippen LogP contribution >= 0.6 is 11.6 Å². The van der Waals surface area contributed by atoms with Gasteiger partial charge < -0.3 is 29.0 Å². The Morgan fingerprint density at radius 1 is 1.27 bits per heavy atom. The number of nitrogens with one attached hydrogen (secondary N) is 2. The third-order valence-electron chi connectivity index (χ3n) is 4.71. The molecule has 0 saturated carbocycles. The van der Waals surface area contributed by atoms with Crippen molar-refractivity contribution in [2.24, 2.45) is 0 Å². The van der Waals surface area contributed by atoms with E-state index in [1.807, 2.05) is 12.1 Å². The first-order valence-corrected chi connectivity index (χ1v) is 10.9. The van der Waals surface area contributed by atoms with Crippen LogP contribution in [-0.4, -0.2) is 54.6 Å². The first kappa shape index (κ1) is 22.4. The molecule has 1 aliphatic rings. The Labute approximate surface area is 182 Å². The number of nitrogens with zero attached hydrogens (tertiary/aromatic N) is 1. The van der Waals surface area contributed by atoms with Gasteiger partial charge in [-0.2, -0.15) is 0 Å². The summed E-state index contributed by atoms with van der Waals surface area (Å²) in [4.78, 5) is 14.6. The minimum atomic E-state index is -2.44. The number of benzene rings is 2. The normalized spacial score (nSPS) is 14.8. The van der Waals surface area contributed by atoms with Crippen molar-refractivity contribution >= 4 is 40.1 Å². The van der Waals surface area contributed by atoms with Gasteiger partial charge in [0.25, 0.3) is 5.91 Å². The van der Waals surface area contributed by atoms with Gasteiger partial charge in [0.1, 0.15) is 5.75 Å². The molecule has 1 fully saturated rings. The highest BCUT2D eigenvalue weighted by Gasteiger charge is 2.16. The lowest BCUT2D eigenvalue weighted by Gasteiger charge is -2.31. The van der Waals surface area contributed by atoms with E-state index in [-0.39, 0.29) is 5.91 Å². The summed E-state index contributed by atoms with van der Waals surface area (Å²) >= 11 is 3.54. The van der Waals surface area contributed by atoms with Crippen LogP contribution in [0, 0.1) is 0 Å². The largest absolute Gasteiger partial charge is 0.755 e. The summed E-state index contributed by atoms with van der Waals surface area (Å²) in [7, 11) is 1.49. The molecule has 2 aromatic rings. The SMILES string of the molecule is COc1ccc(Cl)cc1C(=O)NCCc1ccc(N2CCOCC2)c(NS(=O)[O-])c1. The molecule has 10 heteroatoms. The van der Waals surface area contributed by atoms with E-state index in [0.29, 0.717) is 61.3 Å². The average Bonchev–Trinajstić information content (AvgIpc) is 2.74. The van der Waals surface area contributed by atoms with Crippen molar-refractivity contribution in [3.8, 4) is 5.75 Å². The van der Waals surface area contributed by atoms with Gasteiger partial charge in [-0.15, -0.1) is 0 Å². The molecular weight excluding hydrogens is 430 g/mol. The van der Waals surface area contributed by atoms with Gasteiger partial charge in [0.15, 0.2) is 0 Å². The molecule has 0 bridgehead atoms. The van der Waals surface area contributed by atoms with E-state index < -0.39 is 11.3 Å². The Balaban J connectivity index is 1.67. The molecule has 1 atom stereocenters. The average molecular weight is 453 g/mol. The summed E-state index contributed by atoms with van der Waals surface area (Å²) < 4.78 is 35.5. The zero-order valence-electron chi connectivity index (χ0n) is 16.5. The molecule has 0 radical (unpaired) electrons. The first-order valence-electron chi connectivity index (χ1n) is 9.41. The Hall–Kier alpha value is -2.33. The summed E-state index contributed by atoms with van der Waals surface area (Å²) in [6, 6.07) is 10.4. The van der Waals surface area contributed by atoms with E-state index in [9.17, 15) is 13.6 Å². The minimum Gasteiger partial charge on any atom is -0.755 e. The van der Waals surface area contributed by atoms with Crippen molar-refractivity contribution < 1.29 is 23.0 Å². The van der Waals surface area contributed by atoms with Gasteiger partial charge in [0.05, 0.1) is 37.3 Å². The van der Waals surface area contributed by atoms with Gasteiger partial charge in [0.2, 0.25) is 0 Å². The number of amides is 1. The van der Waals surface area contributed by atoms with Gasteiger partial charge >= 0.3 is 0 Å². The number of hydrogen-bond acceptors (Lipinski definition) is 6. The van der Waals surface area contributed by atoms with Crippen molar-refractivity contribution in [3.05, 3.63) is 52.5 Å². The van der Waals surface area contributed by atoms with Crippen LogP contribution in [0.1, 0.15) is 15.9 Å². The highest BCUT2D eigenvalue weighted by molar-refractivity contribution is 7.80. The van der Waals surface area contributed by atoms with Gasteiger partial charge in [0, 0.05) is 35.9 Å². The third kappa shape index (κ3) is 5.85. The van der Waals surface area contributed by atoms with E-state index >= 15 is 0 Å². The van der Waals surface area contributed by atoms with Crippen LogP contribution in [0.4, 0.5) is 11.4 Å². The fraction of sp³-hybridized carbons (Fsp3) is 0.350. The monoisotopic (exact) mass is 452 g/mol. The predicted molar refractivity (Wildman–Crippen MR) is 116 cm³/mol. The molecular formula is C20H23ClN3O5S-. The highest BCUT2D eigenvalue weighted by atomic mass is 35.5. The number of hydrogen-bond donors (Lipinski definition) is 2. The van der Waals surface area contributed by atoms with Gasteiger partial charge in [-0.25, -0.2) is 0 Å². The molecule has 1 aliphatic heterocycles. The number of morpholine rings is 1. The van der Waals surface area contributed by atoms with Gasteiger partial charge in [-0.05, 0) is 42.3 Å². The quantitative estimate of drug-likeness (QED) is 0.596. The summed E-state index contributed by atoms with van der Waals surface area (Å²) in [6.45, 7) is 2.95. The van der Waals surface area contributed by atoms with Crippen LogP contribution < -0.4 is 19.7 Å². The first-order chi connectivity index (χ1) is 14.5. The van der Waals surface area contributed by atoms with Crippen LogP contribution in [0.25, 0.3) is 0 Å². The molecule has 162 valence electrons. The van der Waals surface area contributed by atoms with E-state index in [1.165, 1.54) is 7.11 Å². The number of halogens is 1. The number of rotatable bonds is 8. The van der Waals surface area contributed by atoms with Crippen LogP contribution in [0.3, 0.4) is 0 Å². The highest BCUT2D eigenvalue weighted by Crippen LogP contribution is 2.28. The fourth-order valence-corrected chi connectivity index (χ4v) is 3.78. The molecule has 3 rings (SSSR count). The lowest BCUT2D eigenvalue weighted by atomic mass is 10.1. The summed E-state index contributed by atoms with van der Waals surface area (Å²) in [5.41, 5.74) is 2.56. The van der Waals surface area contributed by atoms with Gasteiger partial charge in [-0.1, -0.05) is 17.7 Å². The number of anilines is 2. The number of methoxy groups -OCH3 is 1. The second-order valence-electron chi connectivity index (χ2n) is 6.64. The van der Waals surface area contributed by atoms with Crippen molar-refractivity contribution in [3.63, 3.8) is 0 Å². The van der Waals surface area contributed by atoms with Crippen LogP contribution in [-0.2, 0) is 22.4 Å².